The number of hydrogen-bond acceptors (Lipinski definition) is 6. The number of fused-ring (bicyclic) bond motifs is 1. The van der Waals surface area contributed by atoms with Gasteiger partial charge in [0, 0.05) is 24.8 Å². The first kappa shape index (κ1) is 28.9. The molecule has 0 fully saturated rings. The highest BCUT2D eigenvalue weighted by atomic mass is 32.2. The molecule has 0 N–H and O–H groups in total. The van der Waals surface area contributed by atoms with Gasteiger partial charge >= 0.3 is 0 Å². The van der Waals surface area contributed by atoms with Crippen molar-refractivity contribution >= 4 is 42.6 Å². The maximum atomic E-state index is 13.9. The summed E-state index contributed by atoms with van der Waals surface area (Å²) in [7, 11) is -3.69. The fraction of sp³-hybridized carbons (Fsp3) is 0.367. The van der Waals surface area contributed by atoms with Crippen LogP contribution in [0.3, 0.4) is 0 Å². The van der Waals surface area contributed by atoms with Gasteiger partial charge in [-0.1, -0.05) is 51.2 Å². The summed E-state index contributed by atoms with van der Waals surface area (Å²) < 4.78 is 29.5. The summed E-state index contributed by atoms with van der Waals surface area (Å²) in [6.45, 7) is 13.2. The molecule has 0 spiro atoms. The van der Waals surface area contributed by atoms with Crippen LogP contribution in [-0.2, 0) is 16.6 Å². The number of aryl methyl sites for hydroxylation is 2. The van der Waals surface area contributed by atoms with Crippen LogP contribution in [-0.4, -0.2) is 41.7 Å². The molecular formula is C30H36N4O3S2. The molecule has 0 atom stereocenters. The van der Waals surface area contributed by atoms with Gasteiger partial charge in [0.25, 0.3) is 5.91 Å². The first-order valence-corrected chi connectivity index (χ1v) is 15.4. The SMILES string of the molecule is Cc1cc(C)c2nc(N(Cc3ccccn3)C(=O)c3ccc(S(=O)(=O)N(CC(C)C)CC(C)C)cc3)sc2c1. The minimum atomic E-state index is -3.69. The Morgan fingerprint density at radius 1 is 0.949 bits per heavy atom. The number of rotatable bonds is 10. The van der Waals surface area contributed by atoms with E-state index in [0.717, 1.165) is 27.0 Å². The Labute approximate surface area is 235 Å². The number of amides is 1. The Morgan fingerprint density at radius 2 is 1.62 bits per heavy atom. The average molecular weight is 565 g/mol. The van der Waals surface area contributed by atoms with Crippen molar-refractivity contribution in [3.63, 3.8) is 0 Å². The predicted molar refractivity (Wildman–Crippen MR) is 159 cm³/mol. The molecule has 9 heteroatoms. The Kier molecular flexibility index (Phi) is 8.83. The van der Waals surface area contributed by atoms with Crippen LogP contribution >= 0.6 is 11.3 Å². The molecule has 206 valence electrons. The Hall–Kier alpha value is -3.14. The fourth-order valence-corrected chi connectivity index (χ4v) is 7.42. The molecule has 4 rings (SSSR count). The van der Waals surface area contributed by atoms with Gasteiger partial charge in [-0.15, -0.1) is 0 Å². The maximum absolute atomic E-state index is 13.9. The normalized spacial score (nSPS) is 12.1. The van der Waals surface area contributed by atoms with Crippen LogP contribution < -0.4 is 4.90 Å². The third-order valence-electron chi connectivity index (χ3n) is 6.22. The van der Waals surface area contributed by atoms with E-state index in [1.165, 1.54) is 27.8 Å². The summed E-state index contributed by atoms with van der Waals surface area (Å²) in [4.78, 5) is 24.9. The number of carbonyl (C=O) groups is 1. The van der Waals surface area contributed by atoms with Crippen molar-refractivity contribution in [2.24, 2.45) is 11.8 Å². The van der Waals surface area contributed by atoms with Gasteiger partial charge in [-0.05, 0) is 79.3 Å². The van der Waals surface area contributed by atoms with E-state index >= 15 is 0 Å². The van der Waals surface area contributed by atoms with Gasteiger partial charge in [0.2, 0.25) is 10.0 Å². The number of hydrogen-bond donors (Lipinski definition) is 0. The molecule has 0 unspecified atom stereocenters. The van der Waals surface area contributed by atoms with Crippen molar-refractivity contribution in [1.82, 2.24) is 14.3 Å². The van der Waals surface area contributed by atoms with Gasteiger partial charge in [0.15, 0.2) is 5.13 Å². The van der Waals surface area contributed by atoms with E-state index in [9.17, 15) is 13.2 Å². The molecule has 0 bridgehead atoms. The number of pyridine rings is 1. The van der Waals surface area contributed by atoms with E-state index in [2.05, 4.69) is 17.1 Å². The first-order chi connectivity index (χ1) is 18.5. The second-order valence-electron chi connectivity index (χ2n) is 10.8. The highest BCUT2D eigenvalue weighted by molar-refractivity contribution is 7.89. The monoisotopic (exact) mass is 564 g/mol. The number of anilines is 1. The number of carbonyl (C=O) groups excluding carboxylic acids is 1. The van der Waals surface area contributed by atoms with E-state index in [1.807, 2.05) is 59.7 Å². The molecule has 2 aromatic heterocycles. The van der Waals surface area contributed by atoms with Gasteiger partial charge in [0.05, 0.1) is 27.4 Å². The van der Waals surface area contributed by atoms with Crippen LogP contribution in [0.1, 0.15) is 54.9 Å². The number of aromatic nitrogens is 2. The van der Waals surface area contributed by atoms with E-state index in [4.69, 9.17) is 4.98 Å². The van der Waals surface area contributed by atoms with Crippen LogP contribution in [0.4, 0.5) is 5.13 Å². The molecule has 39 heavy (non-hydrogen) atoms. The molecule has 2 heterocycles. The summed E-state index contributed by atoms with van der Waals surface area (Å²) in [6.07, 6.45) is 1.70. The third kappa shape index (κ3) is 6.72. The lowest BCUT2D eigenvalue weighted by molar-refractivity contribution is 0.0984. The Morgan fingerprint density at radius 3 is 2.21 bits per heavy atom. The topological polar surface area (TPSA) is 83.5 Å². The van der Waals surface area contributed by atoms with Gasteiger partial charge < -0.3 is 0 Å². The summed E-state index contributed by atoms with van der Waals surface area (Å²) in [5, 5.41) is 0.575. The van der Waals surface area contributed by atoms with Gasteiger partial charge in [-0.2, -0.15) is 4.31 Å². The molecule has 0 saturated carbocycles. The molecule has 0 saturated heterocycles. The minimum absolute atomic E-state index is 0.183. The predicted octanol–water partition coefficient (Wildman–Crippen LogP) is 6.46. The maximum Gasteiger partial charge on any atom is 0.260 e. The number of benzene rings is 2. The second kappa shape index (κ2) is 11.9. The van der Waals surface area contributed by atoms with Crippen LogP contribution in [0.2, 0.25) is 0 Å². The number of nitrogens with zero attached hydrogens (tertiary/aromatic N) is 4. The van der Waals surface area contributed by atoms with Crippen LogP contribution in [0.5, 0.6) is 0 Å². The van der Waals surface area contributed by atoms with E-state index in [-0.39, 0.29) is 29.2 Å². The minimum Gasteiger partial charge on any atom is -0.278 e. The summed E-state index contributed by atoms with van der Waals surface area (Å²) in [5.41, 5.74) is 4.18. The lowest BCUT2D eigenvalue weighted by Gasteiger charge is -2.26. The highest BCUT2D eigenvalue weighted by Gasteiger charge is 2.27. The Balaban J connectivity index is 1.69. The van der Waals surface area contributed by atoms with Crippen molar-refractivity contribution in [2.75, 3.05) is 18.0 Å². The first-order valence-electron chi connectivity index (χ1n) is 13.2. The fourth-order valence-electron chi connectivity index (χ4n) is 4.51. The van der Waals surface area contributed by atoms with Crippen molar-refractivity contribution in [3.05, 3.63) is 83.2 Å². The number of sulfonamides is 1. The van der Waals surface area contributed by atoms with E-state index in [1.54, 1.807) is 23.2 Å². The van der Waals surface area contributed by atoms with E-state index < -0.39 is 10.0 Å². The molecule has 0 radical (unpaired) electrons. The van der Waals surface area contributed by atoms with Crippen molar-refractivity contribution < 1.29 is 13.2 Å². The van der Waals surface area contributed by atoms with Crippen LogP contribution in [0.25, 0.3) is 10.2 Å². The third-order valence-corrected chi connectivity index (χ3v) is 9.09. The second-order valence-corrected chi connectivity index (χ2v) is 13.7. The molecule has 0 aliphatic rings. The lowest BCUT2D eigenvalue weighted by atomic mass is 10.1. The van der Waals surface area contributed by atoms with Crippen molar-refractivity contribution in [3.8, 4) is 0 Å². The van der Waals surface area contributed by atoms with E-state index in [0.29, 0.717) is 23.8 Å². The summed E-state index contributed by atoms with van der Waals surface area (Å²) >= 11 is 1.46. The van der Waals surface area contributed by atoms with Gasteiger partial charge in [-0.25, -0.2) is 13.4 Å². The van der Waals surface area contributed by atoms with Gasteiger partial charge in [0.1, 0.15) is 0 Å². The largest absolute Gasteiger partial charge is 0.278 e. The molecule has 4 aromatic rings. The quantitative estimate of drug-likeness (QED) is 0.221. The molecular weight excluding hydrogens is 528 g/mol. The van der Waals surface area contributed by atoms with Crippen molar-refractivity contribution in [2.45, 2.75) is 53.0 Å². The highest BCUT2D eigenvalue weighted by Crippen LogP contribution is 2.33. The average Bonchev–Trinajstić information content (AvgIpc) is 3.31. The van der Waals surface area contributed by atoms with Crippen molar-refractivity contribution in [1.29, 1.82) is 0 Å². The zero-order chi connectivity index (χ0) is 28.3. The zero-order valence-corrected chi connectivity index (χ0v) is 25.0. The van der Waals surface area contributed by atoms with Crippen LogP contribution in [0.15, 0.2) is 65.7 Å². The molecule has 2 aromatic carbocycles. The number of thiazole rings is 1. The summed E-state index contributed by atoms with van der Waals surface area (Å²) in [5.74, 6) is 0.126. The molecule has 0 aliphatic carbocycles. The van der Waals surface area contributed by atoms with Crippen LogP contribution in [0, 0.1) is 25.7 Å². The lowest BCUT2D eigenvalue weighted by Crippen LogP contribution is -2.37. The zero-order valence-electron chi connectivity index (χ0n) is 23.4. The standard InChI is InChI=1S/C30H36N4O3S2/c1-20(2)17-33(18-21(3)4)39(36,37)26-12-10-24(11-13-26)29(35)34(19-25-9-7-8-14-31-25)30-32-28-23(6)15-22(5)16-27(28)38-30/h7-16,20-21H,17-19H2,1-6H3. The Bertz CT molecular complexity index is 1540. The molecule has 0 aliphatic heterocycles. The molecule has 7 nitrogen and oxygen atoms in total. The molecule has 1 amide bonds. The smallest absolute Gasteiger partial charge is 0.260 e. The van der Waals surface area contributed by atoms with Gasteiger partial charge in [-0.3, -0.25) is 14.7 Å². The summed E-state index contributed by atoms with van der Waals surface area (Å²) in [6, 6.07) is 16.0.